The third kappa shape index (κ3) is 0.963. The molecule has 3 aliphatic rings. The first-order valence-electron chi connectivity index (χ1n) is 5.62. The van der Waals surface area contributed by atoms with Crippen molar-refractivity contribution in [3.63, 3.8) is 0 Å². The van der Waals surface area contributed by atoms with E-state index in [1.165, 1.54) is 0 Å². The summed E-state index contributed by atoms with van der Waals surface area (Å²) in [5, 5.41) is 8.97. The molecule has 15 heavy (non-hydrogen) atoms. The molecule has 0 aromatic heterocycles. The summed E-state index contributed by atoms with van der Waals surface area (Å²) in [6.07, 6.45) is 1.64. The fourth-order valence-electron chi connectivity index (χ4n) is 4.78. The smallest absolute Gasteiger partial charge is 0.303 e. The lowest BCUT2D eigenvalue weighted by atomic mass is 9.75. The summed E-state index contributed by atoms with van der Waals surface area (Å²) in [6.45, 7) is 4.37. The molecule has 0 aliphatic heterocycles. The van der Waals surface area contributed by atoms with E-state index in [0.717, 1.165) is 6.42 Å². The molecule has 0 bridgehead atoms. The topological polar surface area (TPSA) is 54.4 Å². The molecule has 82 valence electrons. The number of hydrogen-bond acceptors (Lipinski definition) is 2. The molecule has 0 spiro atoms. The number of hydrogen-bond donors (Lipinski definition) is 1. The third-order valence-corrected chi connectivity index (χ3v) is 4.84. The summed E-state index contributed by atoms with van der Waals surface area (Å²) < 4.78 is 0. The van der Waals surface area contributed by atoms with Gasteiger partial charge in [0.2, 0.25) is 0 Å². The van der Waals surface area contributed by atoms with Crippen LogP contribution in [0, 0.1) is 28.6 Å². The second kappa shape index (κ2) is 2.28. The van der Waals surface area contributed by atoms with Gasteiger partial charge in [0.1, 0.15) is 5.78 Å². The van der Waals surface area contributed by atoms with Crippen LogP contribution in [0.3, 0.4) is 0 Å². The lowest BCUT2D eigenvalue weighted by molar-refractivity contribution is -0.140. The molecule has 1 N–H and O–H groups in total. The van der Waals surface area contributed by atoms with Crippen LogP contribution in [0.1, 0.15) is 33.1 Å². The van der Waals surface area contributed by atoms with Gasteiger partial charge in [0.05, 0.1) is 6.42 Å². The highest BCUT2D eigenvalue weighted by molar-refractivity contribution is 5.90. The van der Waals surface area contributed by atoms with Gasteiger partial charge in [-0.2, -0.15) is 0 Å². The molecule has 0 aromatic carbocycles. The van der Waals surface area contributed by atoms with Crippen LogP contribution in [0.15, 0.2) is 0 Å². The lowest BCUT2D eigenvalue weighted by Crippen LogP contribution is -2.25. The van der Waals surface area contributed by atoms with Crippen molar-refractivity contribution in [2.75, 3.05) is 0 Å². The van der Waals surface area contributed by atoms with Crippen molar-refractivity contribution in [3.8, 4) is 0 Å². The minimum Gasteiger partial charge on any atom is -0.481 e. The first-order valence-corrected chi connectivity index (χ1v) is 5.62. The van der Waals surface area contributed by atoms with Crippen LogP contribution in [-0.4, -0.2) is 16.9 Å². The van der Waals surface area contributed by atoms with E-state index in [-0.39, 0.29) is 23.2 Å². The van der Waals surface area contributed by atoms with E-state index in [4.69, 9.17) is 5.11 Å². The quantitative estimate of drug-likeness (QED) is 0.751. The summed E-state index contributed by atoms with van der Waals surface area (Å²) >= 11 is 0. The fraction of sp³-hybridized carbons (Fsp3) is 0.833. The van der Waals surface area contributed by atoms with Gasteiger partial charge in [0.15, 0.2) is 0 Å². The number of rotatable bonds is 2. The SMILES string of the molecule is CC1(C)C[C@@]2(CC(=O)O)CC(=O)C3C1[C@H]32. The van der Waals surface area contributed by atoms with Gasteiger partial charge in [-0.25, -0.2) is 0 Å². The van der Waals surface area contributed by atoms with Gasteiger partial charge in [0.25, 0.3) is 0 Å². The number of carbonyl (C=O) groups excluding carboxylic acids is 1. The molecule has 3 aliphatic carbocycles. The van der Waals surface area contributed by atoms with E-state index < -0.39 is 5.97 Å². The van der Waals surface area contributed by atoms with Crippen molar-refractivity contribution in [1.82, 2.24) is 0 Å². The van der Waals surface area contributed by atoms with E-state index in [1.54, 1.807) is 0 Å². The maximum Gasteiger partial charge on any atom is 0.303 e. The molecule has 0 aromatic rings. The molecule has 3 nitrogen and oxygen atoms in total. The molecule has 3 saturated carbocycles. The van der Waals surface area contributed by atoms with E-state index in [9.17, 15) is 9.59 Å². The van der Waals surface area contributed by atoms with Crippen molar-refractivity contribution < 1.29 is 14.7 Å². The Labute approximate surface area is 88.9 Å². The summed E-state index contributed by atoms with van der Waals surface area (Å²) in [4.78, 5) is 22.7. The molecular weight excluding hydrogens is 192 g/mol. The van der Waals surface area contributed by atoms with Crippen LogP contribution in [0.4, 0.5) is 0 Å². The zero-order valence-electron chi connectivity index (χ0n) is 9.12. The molecule has 0 heterocycles. The molecule has 3 rings (SSSR count). The second-order valence-corrected chi connectivity index (χ2v) is 6.32. The zero-order valence-corrected chi connectivity index (χ0v) is 9.12. The van der Waals surface area contributed by atoms with Crippen LogP contribution >= 0.6 is 0 Å². The predicted molar refractivity (Wildman–Crippen MR) is 53.2 cm³/mol. The number of aliphatic carboxylic acids is 1. The normalized spacial score (nSPS) is 49.2. The van der Waals surface area contributed by atoms with Gasteiger partial charge in [0, 0.05) is 12.3 Å². The summed E-state index contributed by atoms with van der Waals surface area (Å²) in [5.41, 5.74) is -0.00130. The molecule has 0 radical (unpaired) electrons. The van der Waals surface area contributed by atoms with Crippen molar-refractivity contribution >= 4 is 11.8 Å². The predicted octanol–water partition coefficient (Wildman–Crippen LogP) is 1.71. The number of carboxylic acids is 1. The minimum absolute atomic E-state index is 0.178. The van der Waals surface area contributed by atoms with Gasteiger partial charge < -0.3 is 5.11 Å². The first-order chi connectivity index (χ1) is 6.87. The molecule has 0 saturated heterocycles. The van der Waals surface area contributed by atoms with Crippen LogP contribution in [0.2, 0.25) is 0 Å². The number of fused-ring (bicyclic) bond motifs is 1. The fourth-order valence-corrected chi connectivity index (χ4v) is 4.78. The van der Waals surface area contributed by atoms with Crippen molar-refractivity contribution in [1.29, 1.82) is 0 Å². The largest absolute Gasteiger partial charge is 0.481 e. The van der Waals surface area contributed by atoms with Crippen molar-refractivity contribution in [2.24, 2.45) is 28.6 Å². The van der Waals surface area contributed by atoms with Crippen LogP contribution in [-0.2, 0) is 9.59 Å². The highest BCUT2D eigenvalue weighted by Gasteiger charge is 2.78. The van der Waals surface area contributed by atoms with E-state index in [2.05, 4.69) is 13.8 Å². The average molecular weight is 208 g/mol. The van der Waals surface area contributed by atoms with Gasteiger partial charge in [-0.1, -0.05) is 13.8 Å². The van der Waals surface area contributed by atoms with Crippen LogP contribution in [0.5, 0.6) is 0 Å². The van der Waals surface area contributed by atoms with Crippen molar-refractivity contribution in [3.05, 3.63) is 0 Å². The molecule has 3 heteroatoms. The second-order valence-electron chi connectivity index (χ2n) is 6.32. The first kappa shape index (κ1) is 9.37. The molecule has 2 unspecified atom stereocenters. The van der Waals surface area contributed by atoms with Crippen LogP contribution in [0.25, 0.3) is 0 Å². The number of carbonyl (C=O) groups is 2. The highest BCUT2D eigenvalue weighted by Crippen LogP contribution is 2.79. The summed E-state index contributed by atoms with van der Waals surface area (Å²) in [5.74, 6) is 0.686. The molecule has 0 amide bonds. The highest BCUT2D eigenvalue weighted by atomic mass is 16.4. The molecular formula is C12H16O3. The third-order valence-electron chi connectivity index (χ3n) is 4.84. The van der Waals surface area contributed by atoms with E-state index in [1.807, 2.05) is 0 Å². The number of carboxylic acid groups (broad SMARTS) is 1. The van der Waals surface area contributed by atoms with Gasteiger partial charge in [-0.15, -0.1) is 0 Å². The van der Waals surface area contributed by atoms with Gasteiger partial charge in [-0.3, -0.25) is 9.59 Å². The Bertz CT molecular complexity index is 371. The lowest BCUT2D eigenvalue weighted by Gasteiger charge is -2.28. The monoisotopic (exact) mass is 208 g/mol. The minimum atomic E-state index is -0.744. The summed E-state index contributed by atoms with van der Waals surface area (Å²) in [6, 6.07) is 0. The number of ketones is 1. The Morgan fingerprint density at radius 3 is 2.67 bits per heavy atom. The van der Waals surface area contributed by atoms with Crippen LogP contribution < -0.4 is 0 Å². The average Bonchev–Trinajstić information content (AvgIpc) is 2.65. The summed E-state index contributed by atoms with van der Waals surface area (Å²) in [7, 11) is 0. The molecule has 4 atom stereocenters. The van der Waals surface area contributed by atoms with Crippen molar-refractivity contribution in [2.45, 2.75) is 33.1 Å². The van der Waals surface area contributed by atoms with Gasteiger partial charge >= 0.3 is 5.97 Å². The Morgan fingerprint density at radius 1 is 1.47 bits per heavy atom. The Kier molecular flexibility index (Phi) is 1.42. The Hall–Kier alpha value is -0.860. The number of Topliss-reactive ketones (excluding diaryl/α,β-unsaturated/α-hetero) is 1. The van der Waals surface area contributed by atoms with E-state index in [0.29, 0.717) is 24.0 Å². The van der Waals surface area contributed by atoms with Gasteiger partial charge in [-0.05, 0) is 29.1 Å². The Morgan fingerprint density at radius 2 is 2.13 bits per heavy atom. The standard InChI is InChI=1S/C12H16O3/c1-11(2)5-12(4-7(14)15)3-6(13)8-9(11)10(8)12/h8-10H,3-5H2,1-2H3,(H,14,15)/t8?,9?,10-,12-/m0/s1. The maximum absolute atomic E-state index is 11.8. The molecule has 3 fully saturated rings. The maximum atomic E-state index is 11.8. The van der Waals surface area contributed by atoms with E-state index >= 15 is 0 Å². The Balaban J connectivity index is 1.98. The zero-order chi connectivity index (χ0) is 11.0.